The Morgan fingerprint density at radius 3 is 2.41 bits per heavy atom. The molecule has 5 heteroatoms. The number of rotatable bonds is 1. The standard InChI is InChI=1S/C12H12N4O/c13-11-14-10(15-12(17)16-11)9-5-7-3-1-2-4-8(7)6-9/h1-4,9H,5-6H2,(H3,13,14,15,16,17). The number of benzene rings is 1. The van der Waals surface area contributed by atoms with Gasteiger partial charge in [-0.2, -0.15) is 9.97 Å². The number of fused-ring (bicyclic) bond motifs is 1. The van der Waals surface area contributed by atoms with E-state index in [-0.39, 0.29) is 11.9 Å². The van der Waals surface area contributed by atoms with E-state index in [2.05, 4.69) is 27.1 Å². The van der Waals surface area contributed by atoms with Crippen molar-refractivity contribution in [1.82, 2.24) is 15.0 Å². The molecule has 0 amide bonds. The van der Waals surface area contributed by atoms with Crippen LogP contribution in [0.2, 0.25) is 0 Å². The zero-order chi connectivity index (χ0) is 11.8. The molecule has 3 rings (SSSR count). The Labute approximate surface area is 97.7 Å². The average molecular weight is 228 g/mol. The third-order valence-corrected chi connectivity index (χ3v) is 3.12. The van der Waals surface area contributed by atoms with E-state index in [4.69, 9.17) is 5.73 Å². The quantitative estimate of drug-likeness (QED) is 0.749. The fraction of sp³-hybridized carbons (Fsp3) is 0.250. The number of nitrogens with one attached hydrogen (secondary N) is 1. The summed E-state index contributed by atoms with van der Waals surface area (Å²) >= 11 is 0. The van der Waals surface area contributed by atoms with Gasteiger partial charge in [0, 0.05) is 5.92 Å². The Bertz CT molecular complexity index is 595. The number of aromatic nitrogens is 3. The van der Waals surface area contributed by atoms with Crippen LogP contribution in [0, 0.1) is 0 Å². The summed E-state index contributed by atoms with van der Waals surface area (Å²) in [7, 11) is 0. The number of nitrogens with zero attached hydrogens (tertiary/aromatic N) is 2. The topological polar surface area (TPSA) is 84.7 Å². The summed E-state index contributed by atoms with van der Waals surface area (Å²) in [6, 6.07) is 8.27. The molecule has 0 saturated heterocycles. The van der Waals surface area contributed by atoms with Crippen LogP contribution in [0.3, 0.4) is 0 Å². The third kappa shape index (κ3) is 1.80. The number of anilines is 1. The predicted molar refractivity (Wildman–Crippen MR) is 63.7 cm³/mol. The number of nitrogens with two attached hydrogens (primary N) is 1. The summed E-state index contributed by atoms with van der Waals surface area (Å²) in [5.74, 6) is 0.879. The van der Waals surface area contributed by atoms with Crippen LogP contribution in [-0.2, 0) is 12.8 Å². The second-order valence-corrected chi connectivity index (χ2v) is 4.27. The van der Waals surface area contributed by atoms with Gasteiger partial charge in [0.15, 0.2) is 0 Å². The molecule has 0 aliphatic heterocycles. The van der Waals surface area contributed by atoms with E-state index >= 15 is 0 Å². The first kappa shape index (κ1) is 10.0. The van der Waals surface area contributed by atoms with Crippen molar-refractivity contribution in [3.05, 3.63) is 51.7 Å². The lowest BCUT2D eigenvalue weighted by atomic mass is 10.1. The largest absolute Gasteiger partial charge is 0.368 e. The van der Waals surface area contributed by atoms with Gasteiger partial charge in [0.1, 0.15) is 5.82 Å². The Morgan fingerprint density at radius 2 is 1.82 bits per heavy atom. The molecule has 0 radical (unpaired) electrons. The van der Waals surface area contributed by atoms with Crippen molar-refractivity contribution >= 4 is 5.95 Å². The molecule has 1 aliphatic carbocycles. The summed E-state index contributed by atoms with van der Waals surface area (Å²) < 4.78 is 0. The Kier molecular flexibility index (Phi) is 2.18. The molecule has 0 fully saturated rings. The number of hydrogen-bond acceptors (Lipinski definition) is 4. The lowest BCUT2D eigenvalue weighted by molar-refractivity contribution is 0.670. The van der Waals surface area contributed by atoms with E-state index in [1.165, 1.54) is 11.1 Å². The molecule has 0 saturated carbocycles. The summed E-state index contributed by atoms with van der Waals surface area (Å²) in [6.07, 6.45) is 1.78. The molecule has 3 N–H and O–H groups in total. The van der Waals surface area contributed by atoms with Crippen LogP contribution in [0.5, 0.6) is 0 Å². The molecule has 0 spiro atoms. The highest BCUT2D eigenvalue weighted by molar-refractivity contribution is 5.35. The highest BCUT2D eigenvalue weighted by Crippen LogP contribution is 2.31. The second kappa shape index (κ2) is 3.69. The zero-order valence-corrected chi connectivity index (χ0v) is 9.18. The van der Waals surface area contributed by atoms with Crippen molar-refractivity contribution in [1.29, 1.82) is 0 Å². The van der Waals surface area contributed by atoms with Crippen LogP contribution < -0.4 is 11.4 Å². The highest BCUT2D eigenvalue weighted by atomic mass is 16.1. The van der Waals surface area contributed by atoms with Gasteiger partial charge in [0.25, 0.3) is 0 Å². The molecule has 0 unspecified atom stereocenters. The second-order valence-electron chi connectivity index (χ2n) is 4.27. The number of aromatic amines is 1. The van der Waals surface area contributed by atoms with E-state index in [0.717, 1.165) is 12.8 Å². The Hall–Kier alpha value is -2.17. The molecular formula is C12H12N4O. The van der Waals surface area contributed by atoms with Gasteiger partial charge in [-0.05, 0) is 24.0 Å². The summed E-state index contributed by atoms with van der Waals surface area (Å²) in [5.41, 5.74) is 7.69. The maximum absolute atomic E-state index is 11.3. The number of H-pyrrole nitrogens is 1. The first-order valence-electron chi connectivity index (χ1n) is 5.53. The van der Waals surface area contributed by atoms with Crippen LogP contribution in [0.25, 0.3) is 0 Å². The van der Waals surface area contributed by atoms with Crippen molar-refractivity contribution in [2.24, 2.45) is 0 Å². The monoisotopic (exact) mass is 228 g/mol. The third-order valence-electron chi connectivity index (χ3n) is 3.12. The molecule has 2 aromatic rings. The first-order chi connectivity index (χ1) is 8.22. The minimum Gasteiger partial charge on any atom is -0.368 e. The van der Waals surface area contributed by atoms with Gasteiger partial charge in [0.05, 0.1) is 0 Å². The first-order valence-corrected chi connectivity index (χ1v) is 5.53. The number of nitrogen functional groups attached to an aromatic ring is 1. The van der Waals surface area contributed by atoms with Gasteiger partial charge < -0.3 is 5.73 Å². The average Bonchev–Trinajstić information content (AvgIpc) is 2.71. The maximum atomic E-state index is 11.3. The van der Waals surface area contributed by atoms with Crippen LogP contribution in [0.1, 0.15) is 22.9 Å². The van der Waals surface area contributed by atoms with Gasteiger partial charge in [0.2, 0.25) is 5.95 Å². The van der Waals surface area contributed by atoms with Crippen molar-refractivity contribution in [3.8, 4) is 0 Å². The van der Waals surface area contributed by atoms with Crippen LogP contribution in [0.15, 0.2) is 29.1 Å². The van der Waals surface area contributed by atoms with Crippen LogP contribution in [0.4, 0.5) is 5.95 Å². The van der Waals surface area contributed by atoms with Crippen molar-refractivity contribution in [3.63, 3.8) is 0 Å². The molecule has 1 aromatic heterocycles. The van der Waals surface area contributed by atoms with Gasteiger partial charge in [-0.25, -0.2) is 4.79 Å². The van der Waals surface area contributed by atoms with Gasteiger partial charge in [-0.3, -0.25) is 4.98 Å². The minimum atomic E-state index is -0.427. The molecular weight excluding hydrogens is 216 g/mol. The molecule has 17 heavy (non-hydrogen) atoms. The van der Waals surface area contributed by atoms with Crippen molar-refractivity contribution in [2.75, 3.05) is 5.73 Å². The van der Waals surface area contributed by atoms with Gasteiger partial charge in [-0.15, -0.1) is 0 Å². The summed E-state index contributed by atoms with van der Waals surface area (Å²) in [4.78, 5) is 21.5. The molecule has 1 heterocycles. The highest BCUT2D eigenvalue weighted by Gasteiger charge is 2.24. The van der Waals surface area contributed by atoms with E-state index in [0.29, 0.717) is 5.82 Å². The van der Waals surface area contributed by atoms with Crippen molar-refractivity contribution in [2.45, 2.75) is 18.8 Å². The SMILES string of the molecule is Nc1nc(C2Cc3ccccc3C2)[nH]c(=O)n1. The fourth-order valence-corrected chi connectivity index (χ4v) is 2.36. The molecule has 0 bridgehead atoms. The molecule has 1 aromatic carbocycles. The summed E-state index contributed by atoms with van der Waals surface area (Å²) in [6.45, 7) is 0. The molecule has 1 aliphatic rings. The van der Waals surface area contributed by atoms with Crippen LogP contribution in [-0.4, -0.2) is 15.0 Å². The van der Waals surface area contributed by atoms with E-state index in [9.17, 15) is 4.79 Å². The van der Waals surface area contributed by atoms with Gasteiger partial charge >= 0.3 is 5.69 Å². The fourth-order valence-electron chi connectivity index (χ4n) is 2.36. The molecule has 0 atom stereocenters. The molecule has 86 valence electrons. The Balaban J connectivity index is 1.96. The smallest absolute Gasteiger partial charge is 0.349 e. The lowest BCUT2D eigenvalue weighted by Gasteiger charge is -2.07. The van der Waals surface area contributed by atoms with E-state index in [1.54, 1.807) is 0 Å². The normalized spacial score (nSPS) is 14.8. The number of hydrogen-bond donors (Lipinski definition) is 2. The van der Waals surface area contributed by atoms with Gasteiger partial charge in [-0.1, -0.05) is 24.3 Å². The molecule has 5 nitrogen and oxygen atoms in total. The van der Waals surface area contributed by atoms with Crippen molar-refractivity contribution < 1.29 is 0 Å². The van der Waals surface area contributed by atoms with Crippen LogP contribution >= 0.6 is 0 Å². The minimum absolute atomic E-state index is 0.0414. The maximum Gasteiger partial charge on any atom is 0.349 e. The van der Waals surface area contributed by atoms with E-state index in [1.807, 2.05) is 12.1 Å². The zero-order valence-electron chi connectivity index (χ0n) is 9.18. The summed E-state index contributed by atoms with van der Waals surface area (Å²) in [5, 5.41) is 0. The Morgan fingerprint density at radius 1 is 1.18 bits per heavy atom. The predicted octanol–water partition coefficient (Wildman–Crippen LogP) is 0.629. The van der Waals surface area contributed by atoms with E-state index < -0.39 is 5.69 Å². The lowest BCUT2D eigenvalue weighted by Crippen LogP contribution is -2.19.